The fraction of sp³-hybridized carbons (Fsp3) is 0.333. The van der Waals surface area contributed by atoms with Crippen molar-refractivity contribution in [3.63, 3.8) is 0 Å². The standard InChI is InChI=1S/C18H19NO2/c1-12-6-7-14(16(8-12)18(20)21)9-13-10-15-4-2-3-5-17(15)19-11-13/h6-8,10-11H,2-5,9H2,1H3,(H,20,21). The molecule has 1 aliphatic rings. The van der Waals surface area contributed by atoms with E-state index in [2.05, 4.69) is 11.1 Å². The number of hydrogen-bond donors (Lipinski definition) is 1. The molecular formula is C18H19NO2. The van der Waals surface area contributed by atoms with Crippen LogP contribution >= 0.6 is 0 Å². The fourth-order valence-electron chi connectivity index (χ4n) is 3.00. The van der Waals surface area contributed by atoms with Crippen LogP contribution in [0.25, 0.3) is 0 Å². The predicted molar refractivity (Wildman–Crippen MR) is 81.8 cm³/mol. The summed E-state index contributed by atoms with van der Waals surface area (Å²) in [5.74, 6) is -0.861. The van der Waals surface area contributed by atoms with Gasteiger partial charge in [0.25, 0.3) is 0 Å². The Morgan fingerprint density at radius 3 is 2.86 bits per heavy atom. The van der Waals surface area contributed by atoms with Gasteiger partial charge in [-0.25, -0.2) is 4.79 Å². The van der Waals surface area contributed by atoms with Crippen LogP contribution in [0, 0.1) is 6.92 Å². The van der Waals surface area contributed by atoms with E-state index in [0.717, 1.165) is 29.5 Å². The van der Waals surface area contributed by atoms with Gasteiger partial charge in [0.2, 0.25) is 0 Å². The first-order chi connectivity index (χ1) is 10.1. The number of rotatable bonds is 3. The molecule has 0 bridgehead atoms. The molecule has 1 aliphatic carbocycles. The van der Waals surface area contributed by atoms with Gasteiger partial charge in [-0.2, -0.15) is 0 Å². The summed E-state index contributed by atoms with van der Waals surface area (Å²) < 4.78 is 0. The lowest BCUT2D eigenvalue weighted by Crippen LogP contribution is -2.08. The molecule has 0 saturated carbocycles. The first-order valence-corrected chi connectivity index (χ1v) is 7.43. The number of fused-ring (bicyclic) bond motifs is 1. The van der Waals surface area contributed by atoms with E-state index in [1.54, 1.807) is 6.07 Å². The van der Waals surface area contributed by atoms with Crippen molar-refractivity contribution < 1.29 is 9.90 Å². The molecule has 1 heterocycles. The van der Waals surface area contributed by atoms with Crippen LogP contribution in [-0.2, 0) is 19.3 Å². The van der Waals surface area contributed by atoms with Crippen LogP contribution in [0.2, 0.25) is 0 Å². The van der Waals surface area contributed by atoms with E-state index in [1.165, 1.54) is 24.1 Å². The average Bonchev–Trinajstić information content (AvgIpc) is 2.49. The zero-order valence-corrected chi connectivity index (χ0v) is 12.2. The minimum Gasteiger partial charge on any atom is -0.478 e. The first-order valence-electron chi connectivity index (χ1n) is 7.43. The van der Waals surface area contributed by atoms with Gasteiger partial charge in [-0.15, -0.1) is 0 Å². The van der Waals surface area contributed by atoms with Crippen LogP contribution < -0.4 is 0 Å². The quantitative estimate of drug-likeness (QED) is 0.936. The third-order valence-electron chi connectivity index (χ3n) is 4.12. The van der Waals surface area contributed by atoms with Crippen LogP contribution in [0.4, 0.5) is 0 Å². The lowest BCUT2D eigenvalue weighted by atomic mass is 9.93. The Kier molecular flexibility index (Phi) is 3.74. The van der Waals surface area contributed by atoms with E-state index in [0.29, 0.717) is 12.0 Å². The zero-order chi connectivity index (χ0) is 14.8. The number of benzene rings is 1. The maximum atomic E-state index is 11.4. The van der Waals surface area contributed by atoms with Crippen LogP contribution in [0.1, 0.15) is 51.1 Å². The third-order valence-corrected chi connectivity index (χ3v) is 4.12. The summed E-state index contributed by atoms with van der Waals surface area (Å²) in [7, 11) is 0. The average molecular weight is 281 g/mol. The maximum Gasteiger partial charge on any atom is 0.335 e. The van der Waals surface area contributed by atoms with Crippen molar-refractivity contribution in [2.45, 2.75) is 39.0 Å². The number of nitrogens with zero attached hydrogens (tertiary/aromatic N) is 1. The van der Waals surface area contributed by atoms with Crippen molar-refractivity contribution in [3.8, 4) is 0 Å². The smallest absolute Gasteiger partial charge is 0.335 e. The van der Waals surface area contributed by atoms with Gasteiger partial charge < -0.3 is 5.11 Å². The molecule has 3 heteroatoms. The van der Waals surface area contributed by atoms with E-state index in [9.17, 15) is 9.90 Å². The molecule has 0 aliphatic heterocycles. The molecule has 108 valence electrons. The molecule has 0 atom stereocenters. The number of aromatic nitrogens is 1. The number of pyridine rings is 1. The molecule has 3 rings (SSSR count). The highest BCUT2D eigenvalue weighted by molar-refractivity contribution is 5.89. The van der Waals surface area contributed by atoms with Gasteiger partial charge >= 0.3 is 5.97 Å². The Hall–Kier alpha value is -2.16. The van der Waals surface area contributed by atoms with Crippen molar-refractivity contribution >= 4 is 5.97 Å². The van der Waals surface area contributed by atoms with Gasteiger partial charge in [0, 0.05) is 11.9 Å². The van der Waals surface area contributed by atoms with Crippen molar-refractivity contribution in [2.75, 3.05) is 0 Å². The Morgan fingerprint density at radius 2 is 2.05 bits per heavy atom. The SMILES string of the molecule is Cc1ccc(Cc2cnc3c(c2)CCCC3)c(C(=O)O)c1. The van der Waals surface area contributed by atoms with Gasteiger partial charge in [-0.3, -0.25) is 4.98 Å². The molecule has 1 aromatic carbocycles. The minimum absolute atomic E-state index is 0.396. The van der Waals surface area contributed by atoms with Crippen molar-refractivity contribution in [1.82, 2.24) is 4.98 Å². The Balaban J connectivity index is 1.92. The second kappa shape index (κ2) is 5.68. The molecule has 0 amide bonds. The normalized spacial score (nSPS) is 13.8. The summed E-state index contributed by atoms with van der Waals surface area (Å²) in [5.41, 5.74) is 5.87. The predicted octanol–water partition coefficient (Wildman–Crippen LogP) is 3.56. The third kappa shape index (κ3) is 2.97. The highest BCUT2D eigenvalue weighted by Gasteiger charge is 2.14. The summed E-state index contributed by atoms with van der Waals surface area (Å²) in [6, 6.07) is 7.82. The van der Waals surface area contributed by atoms with Crippen LogP contribution in [0.5, 0.6) is 0 Å². The van der Waals surface area contributed by atoms with Crippen LogP contribution in [-0.4, -0.2) is 16.1 Å². The van der Waals surface area contributed by atoms with Crippen LogP contribution in [0.15, 0.2) is 30.5 Å². The Morgan fingerprint density at radius 1 is 1.24 bits per heavy atom. The van der Waals surface area contributed by atoms with E-state index < -0.39 is 5.97 Å². The Labute approximate surface area is 124 Å². The summed E-state index contributed by atoms with van der Waals surface area (Å²) >= 11 is 0. The highest BCUT2D eigenvalue weighted by atomic mass is 16.4. The van der Waals surface area contributed by atoms with Gasteiger partial charge in [0.1, 0.15) is 0 Å². The zero-order valence-electron chi connectivity index (χ0n) is 12.2. The van der Waals surface area contributed by atoms with Crippen molar-refractivity contribution in [2.24, 2.45) is 0 Å². The molecule has 0 radical (unpaired) electrons. The largest absolute Gasteiger partial charge is 0.478 e. The number of aryl methyl sites for hydroxylation is 3. The molecular weight excluding hydrogens is 262 g/mol. The summed E-state index contributed by atoms with van der Waals surface area (Å²) in [4.78, 5) is 15.9. The lowest BCUT2D eigenvalue weighted by molar-refractivity contribution is 0.0695. The second-order valence-electron chi connectivity index (χ2n) is 5.80. The number of aromatic carboxylic acids is 1. The van der Waals surface area contributed by atoms with Crippen LogP contribution in [0.3, 0.4) is 0 Å². The molecule has 1 N–H and O–H groups in total. The molecule has 0 fully saturated rings. The number of carboxylic acid groups (broad SMARTS) is 1. The lowest BCUT2D eigenvalue weighted by Gasteiger charge is -2.16. The molecule has 21 heavy (non-hydrogen) atoms. The maximum absolute atomic E-state index is 11.4. The summed E-state index contributed by atoms with van der Waals surface area (Å²) in [6.07, 6.45) is 7.14. The summed E-state index contributed by atoms with van der Waals surface area (Å²) in [6.45, 7) is 1.91. The number of carbonyl (C=O) groups is 1. The topological polar surface area (TPSA) is 50.2 Å². The first kappa shape index (κ1) is 13.8. The molecule has 0 spiro atoms. The highest BCUT2D eigenvalue weighted by Crippen LogP contribution is 2.22. The van der Waals surface area contributed by atoms with E-state index in [1.807, 2.05) is 25.3 Å². The van der Waals surface area contributed by atoms with Gasteiger partial charge in [-0.1, -0.05) is 23.8 Å². The molecule has 0 unspecified atom stereocenters. The van der Waals surface area contributed by atoms with E-state index in [4.69, 9.17) is 0 Å². The van der Waals surface area contributed by atoms with E-state index >= 15 is 0 Å². The van der Waals surface area contributed by atoms with Crippen molar-refractivity contribution in [3.05, 3.63) is 64.0 Å². The van der Waals surface area contributed by atoms with E-state index in [-0.39, 0.29) is 0 Å². The van der Waals surface area contributed by atoms with Crippen molar-refractivity contribution in [1.29, 1.82) is 0 Å². The fourth-order valence-corrected chi connectivity index (χ4v) is 3.00. The van der Waals surface area contributed by atoms with Gasteiger partial charge in [0.05, 0.1) is 5.56 Å². The molecule has 1 aromatic heterocycles. The summed E-state index contributed by atoms with van der Waals surface area (Å²) in [5, 5.41) is 9.34. The second-order valence-corrected chi connectivity index (χ2v) is 5.80. The molecule has 2 aromatic rings. The Bertz CT molecular complexity index is 692. The van der Waals surface area contributed by atoms with Gasteiger partial charge in [0.15, 0.2) is 0 Å². The monoisotopic (exact) mass is 281 g/mol. The number of hydrogen-bond acceptors (Lipinski definition) is 2. The number of carboxylic acids is 1. The molecule has 3 nitrogen and oxygen atoms in total. The minimum atomic E-state index is -0.861. The van der Waals surface area contributed by atoms with Gasteiger partial charge in [-0.05, 0) is 61.8 Å². The molecule has 0 saturated heterocycles.